The molecule has 10 heteroatoms. The summed E-state index contributed by atoms with van der Waals surface area (Å²) in [5, 5.41) is 2.95. The van der Waals surface area contributed by atoms with Gasteiger partial charge in [-0.15, -0.1) is 0 Å². The van der Waals surface area contributed by atoms with E-state index in [9.17, 15) is 18.0 Å². The first-order chi connectivity index (χ1) is 18.2. The summed E-state index contributed by atoms with van der Waals surface area (Å²) in [7, 11) is 0. The summed E-state index contributed by atoms with van der Waals surface area (Å²) in [5.74, 6) is 0.969. The van der Waals surface area contributed by atoms with Gasteiger partial charge in [0.2, 0.25) is 0 Å². The number of carbonyl (C=O) groups is 1. The number of fused-ring (bicyclic) bond motifs is 1. The van der Waals surface area contributed by atoms with Gasteiger partial charge >= 0.3 is 12.2 Å². The Balaban J connectivity index is 1.53. The average Bonchev–Trinajstić information content (AvgIpc) is 3.40. The summed E-state index contributed by atoms with van der Waals surface area (Å²) in [6, 6.07) is 15.2. The fourth-order valence-electron chi connectivity index (χ4n) is 4.60. The molecule has 1 N–H and O–H groups in total. The quantitative estimate of drug-likeness (QED) is 0.311. The highest BCUT2D eigenvalue weighted by molar-refractivity contribution is 6.04. The molecule has 0 radical (unpaired) electrons. The number of halogens is 3. The number of hydrogen-bond acceptors (Lipinski definition) is 5. The number of aromatic nitrogens is 2. The number of oxazole rings is 1. The molecule has 3 heterocycles. The smallest absolute Gasteiger partial charge is 0.416 e. The van der Waals surface area contributed by atoms with Crippen LogP contribution in [-0.4, -0.2) is 35.1 Å². The van der Waals surface area contributed by atoms with E-state index in [0.29, 0.717) is 48.0 Å². The van der Waals surface area contributed by atoms with E-state index in [0.717, 1.165) is 23.4 Å². The number of benzene rings is 2. The summed E-state index contributed by atoms with van der Waals surface area (Å²) in [6.07, 6.45) is -0.855. The number of anilines is 3. The van der Waals surface area contributed by atoms with Crippen molar-refractivity contribution in [2.24, 2.45) is 0 Å². The normalized spacial score (nSPS) is 15.7. The largest absolute Gasteiger partial charge is 0.444 e. The molecule has 0 spiro atoms. The molecular formula is C28H26F3N5O2. The van der Waals surface area contributed by atoms with E-state index in [4.69, 9.17) is 9.40 Å². The van der Waals surface area contributed by atoms with Crippen LogP contribution >= 0.6 is 0 Å². The van der Waals surface area contributed by atoms with Gasteiger partial charge in [-0.2, -0.15) is 13.2 Å². The number of alkyl halides is 3. The van der Waals surface area contributed by atoms with E-state index in [1.54, 1.807) is 41.4 Å². The lowest BCUT2D eigenvalue weighted by atomic mass is 10.1. The molecule has 38 heavy (non-hydrogen) atoms. The molecule has 0 aliphatic carbocycles. The number of nitrogens with one attached hydrogen (secondary N) is 1. The topological polar surface area (TPSA) is 74.5 Å². The first kappa shape index (κ1) is 25.3. The van der Waals surface area contributed by atoms with Crippen LogP contribution in [0.1, 0.15) is 25.8 Å². The van der Waals surface area contributed by atoms with Gasteiger partial charge in [0, 0.05) is 35.9 Å². The monoisotopic (exact) mass is 521 g/mol. The van der Waals surface area contributed by atoms with Gasteiger partial charge in [-0.1, -0.05) is 24.3 Å². The molecule has 5 rings (SSSR count). The Kier molecular flexibility index (Phi) is 6.79. The zero-order valence-electron chi connectivity index (χ0n) is 20.9. The van der Waals surface area contributed by atoms with Crippen LogP contribution in [0.3, 0.4) is 0 Å². The van der Waals surface area contributed by atoms with Gasteiger partial charge in [0.15, 0.2) is 18.0 Å². The fourth-order valence-corrected chi connectivity index (χ4v) is 4.60. The second-order valence-electron chi connectivity index (χ2n) is 9.08. The van der Waals surface area contributed by atoms with Crippen molar-refractivity contribution >= 4 is 23.2 Å². The summed E-state index contributed by atoms with van der Waals surface area (Å²) >= 11 is 0. The standard InChI is InChI=1S/C28H26F3N5O2/c1-3-35-13-12-18(2)36(27(37)33-22-9-5-7-20(15-22)25-16-32-17-38-25)26-24(35)11-10-23(34-26)19-6-4-8-21(14-19)28(29,30)31/h4-11,14-18H,3,12-13H2,1-2H3,(H,33,37)/t18-/m1/s1. The maximum Gasteiger partial charge on any atom is 0.416 e. The van der Waals surface area contributed by atoms with Crippen molar-refractivity contribution in [2.45, 2.75) is 32.5 Å². The summed E-state index contributed by atoms with van der Waals surface area (Å²) in [4.78, 5) is 26.1. The maximum atomic E-state index is 13.7. The Bertz CT molecular complexity index is 1440. The average molecular weight is 522 g/mol. The van der Waals surface area contributed by atoms with E-state index >= 15 is 0 Å². The third-order valence-electron chi connectivity index (χ3n) is 6.60. The lowest BCUT2D eigenvalue weighted by Crippen LogP contribution is -2.42. The van der Waals surface area contributed by atoms with E-state index in [2.05, 4.69) is 15.2 Å². The summed E-state index contributed by atoms with van der Waals surface area (Å²) in [6.45, 7) is 5.35. The van der Waals surface area contributed by atoms with Gasteiger partial charge in [0.25, 0.3) is 0 Å². The molecular weight excluding hydrogens is 495 g/mol. The molecule has 1 aliphatic rings. The van der Waals surface area contributed by atoms with Gasteiger partial charge in [0.05, 0.1) is 23.1 Å². The highest BCUT2D eigenvalue weighted by atomic mass is 19.4. The zero-order chi connectivity index (χ0) is 26.9. The van der Waals surface area contributed by atoms with E-state index in [1.807, 2.05) is 26.0 Å². The lowest BCUT2D eigenvalue weighted by molar-refractivity contribution is -0.137. The Morgan fingerprint density at radius 2 is 1.89 bits per heavy atom. The highest BCUT2D eigenvalue weighted by Crippen LogP contribution is 2.37. The van der Waals surface area contributed by atoms with E-state index in [-0.39, 0.29) is 12.1 Å². The predicted molar refractivity (Wildman–Crippen MR) is 140 cm³/mol. The molecule has 4 aromatic rings. The van der Waals surface area contributed by atoms with Crippen molar-refractivity contribution in [1.82, 2.24) is 9.97 Å². The first-order valence-corrected chi connectivity index (χ1v) is 12.3. The molecule has 0 bridgehead atoms. The molecule has 2 aromatic heterocycles. The van der Waals surface area contributed by atoms with Gasteiger partial charge in [-0.05, 0) is 56.7 Å². The van der Waals surface area contributed by atoms with Crippen molar-refractivity contribution in [3.63, 3.8) is 0 Å². The molecule has 0 fully saturated rings. The number of amides is 2. The number of rotatable bonds is 4. The second kappa shape index (κ2) is 10.2. The van der Waals surface area contributed by atoms with Crippen molar-refractivity contribution in [1.29, 1.82) is 0 Å². The minimum absolute atomic E-state index is 0.216. The molecule has 2 aromatic carbocycles. The van der Waals surface area contributed by atoms with Gasteiger partial charge in [-0.3, -0.25) is 4.90 Å². The lowest BCUT2D eigenvalue weighted by Gasteiger charge is -2.28. The Morgan fingerprint density at radius 1 is 1.11 bits per heavy atom. The number of urea groups is 1. The Labute approximate surface area is 217 Å². The second-order valence-corrected chi connectivity index (χ2v) is 9.08. The molecule has 196 valence electrons. The summed E-state index contributed by atoms with van der Waals surface area (Å²) < 4.78 is 45.4. The third-order valence-corrected chi connectivity index (χ3v) is 6.60. The van der Waals surface area contributed by atoms with Crippen LogP contribution in [0, 0.1) is 0 Å². The molecule has 0 unspecified atom stereocenters. The zero-order valence-corrected chi connectivity index (χ0v) is 20.9. The van der Waals surface area contributed by atoms with Crippen molar-refractivity contribution < 1.29 is 22.4 Å². The maximum absolute atomic E-state index is 13.7. The number of hydrogen-bond donors (Lipinski definition) is 1. The highest BCUT2D eigenvalue weighted by Gasteiger charge is 2.33. The molecule has 0 saturated carbocycles. The molecule has 1 aliphatic heterocycles. The van der Waals surface area contributed by atoms with Crippen molar-refractivity contribution in [3.05, 3.63) is 78.8 Å². The van der Waals surface area contributed by atoms with Crippen molar-refractivity contribution in [2.75, 3.05) is 28.2 Å². The molecule has 1 atom stereocenters. The number of nitrogens with zero attached hydrogens (tertiary/aromatic N) is 4. The number of carbonyl (C=O) groups excluding carboxylic acids is 1. The van der Waals surface area contributed by atoms with Gasteiger partial charge < -0.3 is 14.6 Å². The van der Waals surface area contributed by atoms with Crippen LogP contribution in [0.15, 0.2) is 77.7 Å². The third kappa shape index (κ3) is 5.06. The van der Waals surface area contributed by atoms with E-state index in [1.165, 1.54) is 12.5 Å². The minimum Gasteiger partial charge on any atom is -0.444 e. The van der Waals surface area contributed by atoms with Crippen LogP contribution in [0.25, 0.3) is 22.6 Å². The molecule has 7 nitrogen and oxygen atoms in total. The Hall–Kier alpha value is -4.34. The molecule has 2 amide bonds. The van der Waals surface area contributed by atoms with Crippen LogP contribution in [0.2, 0.25) is 0 Å². The minimum atomic E-state index is -4.47. The Morgan fingerprint density at radius 3 is 2.63 bits per heavy atom. The number of pyridine rings is 1. The van der Waals surface area contributed by atoms with E-state index < -0.39 is 11.7 Å². The fraction of sp³-hybridized carbons (Fsp3) is 0.250. The first-order valence-electron chi connectivity index (χ1n) is 12.3. The molecule has 0 saturated heterocycles. The van der Waals surface area contributed by atoms with Crippen molar-refractivity contribution in [3.8, 4) is 22.6 Å². The van der Waals surface area contributed by atoms with Crippen LogP contribution in [0.4, 0.5) is 35.2 Å². The SMILES string of the molecule is CCN1CC[C@@H](C)N(C(=O)Nc2cccc(-c3cnco3)c2)c2nc(-c3cccc(C(F)(F)F)c3)ccc21. The summed E-state index contributed by atoms with van der Waals surface area (Å²) in [5.41, 5.74) is 1.98. The van der Waals surface area contributed by atoms with Gasteiger partial charge in [-0.25, -0.2) is 14.8 Å². The van der Waals surface area contributed by atoms with Crippen LogP contribution < -0.4 is 15.1 Å². The predicted octanol–water partition coefficient (Wildman–Crippen LogP) is 7.08. The van der Waals surface area contributed by atoms with Crippen LogP contribution in [-0.2, 0) is 6.18 Å². The van der Waals surface area contributed by atoms with Gasteiger partial charge in [0.1, 0.15) is 0 Å². The van der Waals surface area contributed by atoms with Crippen LogP contribution in [0.5, 0.6) is 0 Å².